The van der Waals surface area contributed by atoms with Gasteiger partial charge in [-0.25, -0.2) is 0 Å². The van der Waals surface area contributed by atoms with Crippen molar-refractivity contribution in [2.75, 3.05) is 19.3 Å². The van der Waals surface area contributed by atoms with Crippen LogP contribution in [0, 0.1) is 0 Å². The topological polar surface area (TPSA) is 12.0 Å². The third kappa shape index (κ3) is 3.61. The summed E-state index contributed by atoms with van der Waals surface area (Å²) in [5.74, 6) is 1.12. The van der Waals surface area contributed by atoms with Gasteiger partial charge >= 0.3 is 0 Å². The molecule has 1 aromatic rings. The summed E-state index contributed by atoms with van der Waals surface area (Å²) in [6.07, 6.45) is 0. The molecule has 0 saturated heterocycles. The van der Waals surface area contributed by atoms with Gasteiger partial charge in [-0.15, -0.1) is 11.8 Å². The summed E-state index contributed by atoms with van der Waals surface area (Å²) in [7, 11) is 1.97. The molecular weight excluding hydrogens is 234 g/mol. The Morgan fingerprint density at radius 3 is 2.58 bits per heavy atom. The number of nitrogens with one attached hydrogen (secondary N) is 1. The zero-order valence-electron chi connectivity index (χ0n) is 7.01. The second-order valence-corrected chi connectivity index (χ2v) is 4.49. The Balaban J connectivity index is 2.37. The van der Waals surface area contributed by atoms with Gasteiger partial charge in [-0.05, 0) is 31.3 Å². The molecule has 0 unspecified atom stereocenters. The maximum Gasteiger partial charge on any atom is 0.0176 e. The molecule has 0 fully saturated rings. The molecule has 0 bridgehead atoms. The van der Waals surface area contributed by atoms with Crippen LogP contribution >= 0.6 is 27.7 Å². The first-order valence-corrected chi connectivity index (χ1v) is 5.64. The van der Waals surface area contributed by atoms with Gasteiger partial charge in [0.15, 0.2) is 0 Å². The fourth-order valence-corrected chi connectivity index (χ4v) is 1.94. The minimum absolute atomic E-state index is 1.06. The van der Waals surface area contributed by atoms with Gasteiger partial charge in [0.1, 0.15) is 0 Å². The van der Waals surface area contributed by atoms with Gasteiger partial charge in [0.05, 0.1) is 0 Å². The van der Waals surface area contributed by atoms with Crippen LogP contribution in [0.3, 0.4) is 0 Å². The van der Waals surface area contributed by atoms with Gasteiger partial charge in [-0.1, -0.05) is 15.9 Å². The smallest absolute Gasteiger partial charge is 0.0176 e. The zero-order chi connectivity index (χ0) is 8.81. The van der Waals surface area contributed by atoms with Gasteiger partial charge in [0.2, 0.25) is 0 Å². The van der Waals surface area contributed by atoms with E-state index in [-0.39, 0.29) is 0 Å². The number of benzene rings is 1. The fourth-order valence-electron chi connectivity index (χ4n) is 0.802. The summed E-state index contributed by atoms with van der Waals surface area (Å²) in [6.45, 7) is 1.06. The van der Waals surface area contributed by atoms with E-state index in [2.05, 4.69) is 45.5 Å². The molecule has 0 spiro atoms. The molecule has 1 rings (SSSR count). The molecule has 0 aliphatic rings. The minimum atomic E-state index is 1.06. The summed E-state index contributed by atoms with van der Waals surface area (Å²) in [5, 5.41) is 3.12. The van der Waals surface area contributed by atoms with Crippen LogP contribution in [0.1, 0.15) is 0 Å². The Bertz CT molecular complexity index is 222. The van der Waals surface area contributed by atoms with Crippen molar-refractivity contribution in [2.45, 2.75) is 4.90 Å². The quantitative estimate of drug-likeness (QED) is 0.647. The van der Waals surface area contributed by atoms with Crippen LogP contribution in [0.5, 0.6) is 0 Å². The Kier molecular flexibility index (Phi) is 4.73. The lowest BCUT2D eigenvalue weighted by Gasteiger charge is -2.00. The van der Waals surface area contributed by atoms with Crippen LogP contribution in [0.25, 0.3) is 0 Å². The highest BCUT2D eigenvalue weighted by molar-refractivity contribution is 9.10. The molecule has 0 aliphatic heterocycles. The Morgan fingerprint density at radius 1 is 1.33 bits per heavy atom. The van der Waals surface area contributed by atoms with Crippen LogP contribution in [0.2, 0.25) is 0 Å². The standard InChI is InChI=1S/C9H12BrNS/c1-11-6-7-12-9-4-2-8(10)3-5-9/h2-5,11H,6-7H2,1H3. The SMILES string of the molecule is CNCCSc1ccc(Br)cc1. The summed E-state index contributed by atoms with van der Waals surface area (Å²) in [6, 6.07) is 8.40. The van der Waals surface area contributed by atoms with Gasteiger partial charge in [0, 0.05) is 21.7 Å². The highest BCUT2D eigenvalue weighted by Gasteiger charge is 1.92. The predicted molar refractivity (Wildman–Crippen MR) is 58.8 cm³/mol. The van der Waals surface area contributed by atoms with Crippen LogP contribution in [0.15, 0.2) is 33.6 Å². The minimum Gasteiger partial charge on any atom is -0.319 e. The van der Waals surface area contributed by atoms with Crippen molar-refractivity contribution in [1.29, 1.82) is 0 Å². The van der Waals surface area contributed by atoms with E-state index < -0.39 is 0 Å². The Hall–Kier alpha value is 0.01000. The average Bonchev–Trinajstić information content (AvgIpc) is 2.09. The van der Waals surface area contributed by atoms with Crippen molar-refractivity contribution in [3.05, 3.63) is 28.7 Å². The summed E-state index contributed by atoms with van der Waals surface area (Å²) in [4.78, 5) is 1.33. The highest BCUT2D eigenvalue weighted by atomic mass is 79.9. The third-order valence-electron chi connectivity index (χ3n) is 1.43. The zero-order valence-corrected chi connectivity index (χ0v) is 9.41. The number of rotatable bonds is 4. The molecule has 0 aliphatic carbocycles. The highest BCUT2D eigenvalue weighted by Crippen LogP contribution is 2.19. The molecule has 66 valence electrons. The van der Waals surface area contributed by atoms with Gasteiger partial charge in [-0.2, -0.15) is 0 Å². The molecule has 12 heavy (non-hydrogen) atoms. The van der Waals surface area contributed by atoms with Crippen LogP contribution in [-0.2, 0) is 0 Å². The molecule has 0 radical (unpaired) electrons. The molecule has 3 heteroatoms. The summed E-state index contributed by atoms with van der Waals surface area (Å²) >= 11 is 5.28. The van der Waals surface area contributed by atoms with E-state index in [1.807, 2.05) is 18.8 Å². The van der Waals surface area contributed by atoms with Crippen molar-refractivity contribution in [2.24, 2.45) is 0 Å². The van der Waals surface area contributed by atoms with Crippen molar-refractivity contribution in [1.82, 2.24) is 5.32 Å². The lowest BCUT2D eigenvalue weighted by molar-refractivity contribution is 0.872. The molecule has 0 amide bonds. The predicted octanol–water partition coefficient (Wildman–Crippen LogP) is 2.76. The van der Waals surface area contributed by atoms with Crippen molar-refractivity contribution in [3.8, 4) is 0 Å². The molecule has 1 aromatic carbocycles. The number of hydrogen-bond acceptors (Lipinski definition) is 2. The van der Waals surface area contributed by atoms with Gasteiger partial charge < -0.3 is 5.32 Å². The van der Waals surface area contributed by atoms with E-state index in [0.29, 0.717) is 0 Å². The first-order valence-electron chi connectivity index (χ1n) is 3.86. The molecular formula is C9H12BrNS. The van der Waals surface area contributed by atoms with Crippen molar-refractivity contribution in [3.63, 3.8) is 0 Å². The summed E-state index contributed by atoms with van der Waals surface area (Å²) in [5.41, 5.74) is 0. The maximum absolute atomic E-state index is 3.41. The lowest BCUT2D eigenvalue weighted by Crippen LogP contribution is -2.09. The third-order valence-corrected chi connectivity index (χ3v) is 2.98. The second-order valence-electron chi connectivity index (χ2n) is 2.41. The number of hydrogen-bond donors (Lipinski definition) is 1. The second kappa shape index (κ2) is 5.62. The van der Waals surface area contributed by atoms with Crippen LogP contribution in [-0.4, -0.2) is 19.3 Å². The lowest BCUT2D eigenvalue weighted by atomic mass is 10.4. The number of halogens is 1. The molecule has 0 heterocycles. The van der Waals surface area contributed by atoms with Crippen LogP contribution in [0.4, 0.5) is 0 Å². The van der Waals surface area contributed by atoms with Gasteiger partial charge in [0.25, 0.3) is 0 Å². The first-order chi connectivity index (χ1) is 5.83. The summed E-state index contributed by atoms with van der Waals surface area (Å²) < 4.78 is 1.14. The largest absolute Gasteiger partial charge is 0.319 e. The normalized spacial score (nSPS) is 10.2. The van der Waals surface area contributed by atoms with E-state index in [9.17, 15) is 0 Å². The van der Waals surface area contributed by atoms with E-state index >= 15 is 0 Å². The molecule has 0 saturated carbocycles. The first kappa shape index (κ1) is 10.1. The maximum atomic E-state index is 3.41. The van der Waals surface area contributed by atoms with E-state index in [4.69, 9.17) is 0 Å². The van der Waals surface area contributed by atoms with Crippen LogP contribution < -0.4 is 5.32 Å². The van der Waals surface area contributed by atoms with Crippen molar-refractivity contribution < 1.29 is 0 Å². The van der Waals surface area contributed by atoms with Crippen molar-refractivity contribution >= 4 is 27.7 Å². The Morgan fingerprint density at radius 2 is 2.00 bits per heavy atom. The van der Waals surface area contributed by atoms with E-state index in [1.165, 1.54) is 4.90 Å². The van der Waals surface area contributed by atoms with Gasteiger partial charge in [-0.3, -0.25) is 0 Å². The average molecular weight is 246 g/mol. The fraction of sp³-hybridized carbons (Fsp3) is 0.333. The van der Waals surface area contributed by atoms with E-state index in [0.717, 1.165) is 16.8 Å². The van der Waals surface area contributed by atoms with E-state index in [1.54, 1.807) is 0 Å². The molecule has 1 N–H and O–H groups in total. The molecule has 0 aromatic heterocycles. The molecule has 0 atom stereocenters. The Labute approximate surface area is 86.1 Å². The molecule has 1 nitrogen and oxygen atoms in total. The number of thioether (sulfide) groups is 1. The monoisotopic (exact) mass is 245 g/mol.